The van der Waals surface area contributed by atoms with Gasteiger partial charge in [-0.2, -0.15) is 0 Å². The van der Waals surface area contributed by atoms with E-state index in [9.17, 15) is 4.79 Å². The van der Waals surface area contributed by atoms with Gasteiger partial charge in [0.15, 0.2) is 0 Å². The molecular weight excluding hydrogens is 196 g/mol. The lowest BCUT2D eigenvalue weighted by molar-refractivity contribution is -0.120. The quantitative estimate of drug-likeness (QED) is 0.784. The summed E-state index contributed by atoms with van der Waals surface area (Å²) in [6.07, 6.45) is 0.461. The number of thiophene rings is 1. The Labute approximate surface area is 88.3 Å². The van der Waals surface area contributed by atoms with Crippen molar-refractivity contribution in [3.63, 3.8) is 0 Å². The molecule has 14 heavy (non-hydrogen) atoms. The molecule has 3 nitrogen and oxygen atoms in total. The van der Waals surface area contributed by atoms with Crippen molar-refractivity contribution in [2.75, 3.05) is 6.54 Å². The lowest BCUT2D eigenvalue weighted by atomic mass is 10.3. The van der Waals surface area contributed by atoms with Gasteiger partial charge < -0.3 is 11.1 Å². The minimum atomic E-state index is 0.0461. The molecule has 0 spiro atoms. The number of hydrogen-bond acceptors (Lipinski definition) is 3. The molecule has 0 saturated heterocycles. The van der Waals surface area contributed by atoms with Crippen LogP contribution in [0.15, 0.2) is 12.1 Å². The Morgan fingerprint density at radius 1 is 1.64 bits per heavy atom. The van der Waals surface area contributed by atoms with Crippen LogP contribution in [0.25, 0.3) is 0 Å². The normalized spacial score (nSPS) is 12.5. The Morgan fingerprint density at radius 3 is 2.86 bits per heavy atom. The number of carbonyl (C=O) groups excluding carboxylic acids is 1. The van der Waals surface area contributed by atoms with Gasteiger partial charge in [0.05, 0.1) is 6.42 Å². The third-order valence-electron chi connectivity index (χ3n) is 1.89. The van der Waals surface area contributed by atoms with Gasteiger partial charge in [-0.1, -0.05) is 0 Å². The third kappa shape index (κ3) is 3.47. The average molecular weight is 212 g/mol. The lowest BCUT2D eigenvalue weighted by Gasteiger charge is -2.10. The van der Waals surface area contributed by atoms with Gasteiger partial charge in [0.1, 0.15) is 0 Å². The zero-order chi connectivity index (χ0) is 10.6. The number of hydrogen-bond donors (Lipinski definition) is 2. The summed E-state index contributed by atoms with van der Waals surface area (Å²) in [5.74, 6) is 0.0461. The maximum Gasteiger partial charge on any atom is 0.225 e. The van der Waals surface area contributed by atoms with Crippen molar-refractivity contribution >= 4 is 17.2 Å². The first-order chi connectivity index (χ1) is 6.61. The molecule has 0 bridgehead atoms. The standard InChI is InChI=1S/C10H16N2OS/c1-7(6-11)12-10(13)5-9-4-3-8(2)14-9/h3-4,7H,5-6,11H2,1-2H3,(H,12,13)/t7-/m1/s1. The molecule has 0 radical (unpaired) electrons. The van der Waals surface area contributed by atoms with E-state index in [0.717, 1.165) is 4.88 Å². The van der Waals surface area contributed by atoms with Crippen LogP contribution in [0, 0.1) is 6.92 Å². The molecule has 4 heteroatoms. The molecule has 1 atom stereocenters. The molecule has 1 rings (SSSR count). The van der Waals surface area contributed by atoms with E-state index >= 15 is 0 Å². The number of rotatable bonds is 4. The van der Waals surface area contributed by atoms with Crippen molar-refractivity contribution in [3.05, 3.63) is 21.9 Å². The van der Waals surface area contributed by atoms with Crippen molar-refractivity contribution in [2.45, 2.75) is 26.3 Å². The molecule has 0 unspecified atom stereocenters. The van der Waals surface area contributed by atoms with E-state index in [-0.39, 0.29) is 11.9 Å². The summed E-state index contributed by atoms with van der Waals surface area (Å²) in [4.78, 5) is 13.8. The monoisotopic (exact) mass is 212 g/mol. The Hall–Kier alpha value is -0.870. The molecule has 3 N–H and O–H groups in total. The van der Waals surface area contributed by atoms with Crippen molar-refractivity contribution < 1.29 is 4.79 Å². The fourth-order valence-corrected chi connectivity index (χ4v) is 2.01. The summed E-state index contributed by atoms with van der Waals surface area (Å²) in [6.45, 7) is 4.42. The Bertz CT molecular complexity index is 309. The highest BCUT2D eigenvalue weighted by Gasteiger charge is 2.07. The third-order valence-corrected chi connectivity index (χ3v) is 2.89. The Morgan fingerprint density at radius 2 is 2.36 bits per heavy atom. The summed E-state index contributed by atoms with van der Waals surface area (Å²) in [5.41, 5.74) is 5.41. The highest BCUT2D eigenvalue weighted by Crippen LogP contribution is 2.15. The minimum Gasteiger partial charge on any atom is -0.352 e. The first-order valence-corrected chi connectivity index (χ1v) is 5.48. The highest BCUT2D eigenvalue weighted by atomic mass is 32.1. The highest BCUT2D eigenvalue weighted by molar-refractivity contribution is 7.12. The zero-order valence-electron chi connectivity index (χ0n) is 8.54. The first-order valence-electron chi connectivity index (χ1n) is 4.66. The number of nitrogens with one attached hydrogen (secondary N) is 1. The van der Waals surface area contributed by atoms with Gasteiger partial charge in [0, 0.05) is 22.3 Å². The maximum atomic E-state index is 11.4. The number of carbonyl (C=O) groups is 1. The second-order valence-electron chi connectivity index (χ2n) is 3.39. The van der Waals surface area contributed by atoms with Gasteiger partial charge in [0.25, 0.3) is 0 Å². The average Bonchev–Trinajstić information content (AvgIpc) is 2.50. The van der Waals surface area contributed by atoms with Crippen molar-refractivity contribution in [1.82, 2.24) is 5.32 Å². The van der Waals surface area contributed by atoms with Crippen LogP contribution in [0.5, 0.6) is 0 Å². The lowest BCUT2D eigenvalue weighted by Crippen LogP contribution is -2.38. The Kier molecular flexibility index (Phi) is 4.10. The van der Waals surface area contributed by atoms with Gasteiger partial charge >= 0.3 is 0 Å². The molecule has 78 valence electrons. The molecule has 0 saturated carbocycles. The fourth-order valence-electron chi connectivity index (χ4n) is 1.12. The molecule has 1 heterocycles. The van der Waals surface area contributed by atoms with Crippen LogP contribution >= 0.6 is 11.3 Å². The second kappa shape index (κ2) is 5.12. The van der Waals surface area contributed by atoms with E-state index in [1.54, 1.807) is 11.3 Å². The largest absolute Gasteiger partial charge is 0.352 e. The molecule has 1 aromatic heterocycles. The first kappa shape index (κ1) is 11.2. The SMILES string of the molecule is Cc1ccc(CC(=O)N[C@H](C)CN)s1. The maximum absolute atomic E-state index is 11.4. The molecule has 0 fully saturated rings. The predicted octanol–water partition coefficient (Wildman–Crippen LogP) is 1.06. The van der Waals surface area contributed by atoms with Gasteiger partial charge in [-0.15, -0.1) is 11.3 Å². The van der Waals surface area contributed by atoms with Gasteiger partial charge in [0.2, 0.25) is 5.91 Å². The molecule has 1 aromatic rings. The topological polar surface area (TPSA) is 55.1 Å². The van der Waals surface area contributed by atoms with Crippen LogP contribution in [-0.4, -0.2) is 18.5 Å². The molecule has 0 aliphatic carbocycles. The molecule has 1 amide bonds. The summed E-state index contributed by atoms with van der Waals surface area (Å²) >= 11 is 1.66. The van der Waals surface area contributed by atoms with E-state index in [0.29, 0.717) is 13.0 Å². The fraction of sp³-hybridized carbons (Fsp3) is 0.500. The van der Waals surface area contributed by atoms with E-state index < -0.39 is 0 Å². The summed E-state index contributed by atoms with van der Waals surface area (Å²) in [6, 6.07) is 4.08. The van der Waals surface area contributed by atoms with Crippen LogP contribution in [-0.2, 0) is 11.2 Å². The molecule has 0 aliphatic heterocycles. The smallest absolute Gasteiger partial charge is 0.225 e. The minimum absolute atomic E-state index is 0.0461. The van der Waals surface area contributed by atoms with Crippen LogP contribution < -0.4 is 11.1 Å². The van der Waals surface area contributed by atoms with Crippen molar-refractivity contribution in [2.24, 2.45) is 5.73 Å². The Balaban J connectivity index is 2.41. The van der Waals surface area contributed by atoms with Crippen molar-refractivity contribution in [3.8, 4) is 0 Å². The van der Waals surface area contributed by atoms with Crippen LogP contribution in [0.4, 0.5) is 0 Å². The zero-order valence-corrected chi connectivity index (χ0v) is 9.36. The number of nitrogens with two attached hydrogens (primary N) is 1. The van der Waals surface area contributed by atoms with Crippen LogP contribution in [0.3, 0.4) is 0 Å². The molecule has 0 aromatic carbocycles. The van der Waals surface area contributed by atoms with Gasteiger partial charge in [-0.05, 0) is 26.0 Å². The van der Waals surface area contributed by atoms with Gasteiger partial charge in [-0.25, -0.2) is 0 Å². The molecule has 0 aliphatic rings. The second-order valence-corrected chi connectivity index (χ2v) is 4.77. The molecular formula is C10H16N2OS. The summed E-state index contributed by atoms with van der Waals surface area (Å²) in [5, 5.41) is 2.83. The van der Waals surface area contributed by atoms with Crippen LogP contribution in [0.2, 0.25) is 0 Å². The van der Waals surface area contributed by atoms with E-state index in [1.807, 2.05) is 26.0 Å². The predicted molar refractivity (Wildman–Crippen MR) is 59.4 cm³/mol. The van der Waals surface area contributed by atoms with Crippen LogP contribution in [0.1, 0.15) is 16.7 Å². The van der Waals surface area contributed by atoms with E-state index in [4.69, 9.17) is 5.73 Å². The van der Waals surface area contributed by atoms with E-state index in [1.165, 1.54) is 4.88 Å². The summed E-state index contributed by atoms with van der Waals surface area (Å²) in [7, 11) is 0. The summed E-state index contributed by atoms with van der Waals surface area (Å²) < 4.78 is 0. The van der Waals surface area contributed by atoms with Gasteiger partial charge in [-0.3, -0.25) is 4.79 Å². The number of aryl methyl sites for hydroxylation is 1. The van der Waals surface area contributed by atoms with Crippen molar-refractivity contribution in [1.29, 1.82) is 0 Å². The van der Waals surface area contributed by atoms with E-state index in [2.05, 4.69) is 5.32 Å². The number of amides is 1.